The van der Waals surface area contributed by atoms with E-state index in [1.807, 2.05) is 0 Å². The lowest BCUT2D eigenvalue weighted by Crippen LogP contribution is -2.03. The van der Waals surface area contributed by atoms with Crippen molar-refractivity contribution < 1.29 is 13.6 Å². The van der Waals surface area contributed by atoms with Gasteiger partial charge in [0.15, 0.2) is 0 Å². The van der Waals surface area contributed by atoms with Crippen LogP contribution in [0.2, 0.25) is 0 Å². The third kappa shape index (κ3) is 11.9. The lowest BCUT2D eigenvalue weighted by molar-refractivity contribution is 0.197. The molecule has 0 aromatic carbocycles. The molecule has 1 unspecified atom stereocenters. The highest BCUT2D eigenvalue weighted by Crippen LogP contribution is 2.49. The summed E-state index contributed by atoms with van der Waals surface area (Å²) in [6.45, 7) is 7.62. The molecule has 0 radical (unpaired) electrons. The van der Waals surface area contributed by atoms with E-state index in [9.17, 15) is 4.57 Å². The van der Waals surface area contributed by atoms with Gasteiger partial charge in [-0.2, -0.15) is 0 Å². The Morgan fingerprint density at radius 3 is 1.65 bits per heavy atom. The van der Waals surface area contributed by atoms with Crippen molar-refractivity contribution in [2.75, 3.05) is 19.4 Å². The summed E-state index contributed by atoms with van der Waals surface area (Å²) in [5, 5.41) is 0. The van der Waals surface area contributed by atoms with Crippen LogP contribution in [-0.4, -0.2) is 19.4 Å². The van der Waals surface area contributed by atoms with Crippen LogP contribution in [0.3, 0.4) is 0 Å². The standard InChI is InChI=1S/C16H35O3P/c1-4-7-10-11-13-15-19-20(17,16-9-6-3)18-14-12-8-5-2/h4-16H2,1-3H3. The van der Waals surface area contributed by atoms with Crippen molar-refractivity contribution >= 4 is 7.60 Å². The molecule has 0 N–H and O–H groups in total. The molecule has 4 heteroatoms. The molecule has 0 saturated heterocycles. The van der Waals surface area contributed by atoms with Crippen molar-refractivity contribution in [2.45, 2.75) is 85.0 Å². The summed E-state index contributed by atoms with van der Waals surface area (Å²) in [6, 6.07) is 0. The first-order chi connectivity index (χ1) is 9.68. The summed E-state index contributed by atoms with van der Waals surface area (Å²) in [5.74, 6) is 0. The molecular weight excluding hydrogens is 271 g/mol. The molecule has 1 atom stereocenters. The lowest BCUT2D eigenvalue weighted by atomic mass is 10.2. The minimum absolute atomic E-state index is 0.574. The molecule has 0 aromatic heterocycles. The second-order valence-corrected chi connectivity index (χ2v) is 7.66. The first-order valence-corrected chi connectivity index (χ1v) is 10.3. The Kier molecular flexibility index (Phi) is 14.2. The Labute approximate surface area is 126 Å². The van der Waals surface area contributed by atoms with Crippen LogP contribution in [0.25, 0.3) is 0 Å². The van der Waals surface area contributed by atoms with Gasteiger partial charge in [-0.1, -0.05) is 65.7 Å². The van der Waals surface area contributed by atoms with Crippen LogP contribution in [0.1, 0.15) is 85.0 Å². The van der Waals surface area contributed by atoms with Gasteiger partial charge in [-0.25, -0.2) is 0 Å². The van der Waals surface area contributed by atoms with E-state index < -0.39 is 7.60 Å². The van der Waals surface area contributed by atoms with Crippen molar-refractivity contribution in [3.8, 4) is 0 Å². The Morgan fingerprint density at radius 1 is 0.650 bits per heavy atom. The smallest absolute Gasteiger partial charge is 0.309 e. The van der Waals surface area contributed by atoms with E-state index in [2.05, 4.69) is 20.8 Å². The van der Waals surface area contributed by atoms with Gasteiger partial charge in [0.25, 0.3) is 0 Å². The highest BCUT2D eigenvalue weighted by Gasteiger charge is 2.23. The molecule has 0 aromatic rings. The molecule has 0 amide bonds. The van der Waals surface area contributed by atoms with Gasteiger partial charge in [-0.15, -0.1) is 0 Å². The number of hydrogen-bond acceptors (Lipinski definition) is 3. The average Bonchev–Trinajstić information content (AvgIpc) is 2.45. The van der Waals surface area contributed by atoms with E-state index in [1.54, 1.807) is 0 Å². The predicted molar refractivity (Wildman–Crippen MR) is 87.6 cm³/mol. The monoisotopic (exact) mass is 306 g/mol. The van der Waals surface area contributed by atoms with Crippen molar-refractivity contribution in [1.82, 2.24) is 0 Å². The molecule has 0 spiro atoms. The fourth-order valence-corrected chi connectivity index (χ4v) is 3.83. The van der Waals surface area contributed by atoms with Crippen molar-refractivity contribution in [1.29, 1.82) is 0 Å². The van der Waals surface area contributed by atoms with Crippen molar-refractivity contribution in [2.24, 2.45) is 0 Å². The molecule has 20 heavy (non-hydrogen) atoms. The summed E-state index contributed by atoms with van der Waals surface area (Å²) < 4.78 is 23.8. The molecule has 0 aliphatic carbocycles. The summed E-state index contributed by atoms with van der Waals surface area (Å²) in [5.41, 5.74) is 0. The van der Waals surface area contributed by atoms with Crippen LogP contribution >= 0.6 is 7.60 Å². The largest absolute Gasteiger partial charge is 0.330 e. The third-order valence-corrected chi connectivity index (χ3v) is 5.37. The molecule has 0 aliphatic heterocycles. The maximum Gasteiger partial charge on any atom is 0.330 e. The zero-order valence-corrected chi connectivity index (χ0v) is 14.8. The quantitative estimate of drug-likeness (QED) is 0.268. The summed E-state index contributed by atoms with van der Waals surface area (Å²) in [6.07, 6.45) is 11.7. The fraction of sp³-hybridized carbons (Fsp3) is 1.00. The molecule has 0 rings (SSSR count). The number of unbranched alkanes of at least 4 members (excludes halogenated alkanes) is 7. The minimum atomic E-state index is -2.83. The maximum absolute atomic E-state index is 12.6. The Hall–Kier alpha value is 0.150. The topological polar surface area (TPSA) is 35.5 Å². The van der Waals surface area contributed by atoms with Crippen LogP contribution in [0.4, 0.5) is 0 Å². The zero-order chi connectivity index (χ0) is 15.1. The predicted octanol–water partition coefficient (Wildman–Crippen LogP) is 6.17. The maximum atomic E-state index is 12.6. The van der Waals surface area contributed by atoms with Crippen molar-refractivity contribution in [3.63, 3.8) is 0 Å². The Bertz CT molecular complexity index is 244. The van der Waals surface area contributed by atoms with Gasteiger partial charge in [-0.05, 0) is 19.3 Å². The van der Waals surface area contributed by atoms with E-state index in [1.165, 1.54) is 19.3 Å². The molecular formula is C16H35O3P. The lowest BCUT2D eigenvalue weighted by Gasteiger charge is -2.18. The molecule has 0 bridgehead atoms. The molecule has 0 fully saturated rings. The van der Waals surface area contributed by atoms with Crippen LogP contribution in [0.15, 0.2) is 0 Å². The fourth-order valence-electron chi connectivity index (χ4n) is 1.98. The average molecular weight is 306 g/mol. The van der Waals surface area contributed by atoms with Crippen LogP contribution in [0, 0.1) is 0 Å². The zero-order valence-electron chi connectivity index (χ0n) is 13.9. The van der Waals surface area contributed by atoms with Crippen LogP contribution in [0.5, 0.6) is 0 Å². The van der Waals surface area contributed by atoms with E-state index in [4.69, 9.17) is 9.05 Å². The second kappa shape index (κ2) is 14.1. The molecule has 122 valence electrons. The van der Waals surface area contributed by atoms with Gasteiger partial charge in [0.2, 0.25) is 0 Å². The van der Waals surface area contributed by atoms with Crippen molar-refractivity contribution in [3.05, 3.63) is 0 Å². The van der Waals surface area contributed by atoms with E-state index >= 15 is 0 Å². The first kappa shape index (κ1) is 20.1. The molecule has 0 heterocycles. The molecule has 3 nitrogen and oxygen atoms in total. The van der Waals surface area contributed by atoms with Gasteiger partial charge >= 0.3 is 7.60 Å². The summed E-state index contributed by atoms with van der Waals surface area (Å²) in [7, 11) is -2.83. The van der Waals surface area contributed by atoms with Gasteiger partial charge < -0.3 is 9.05 Å². The van der Waals surface area contributed by atoms with Gasteiger partial charge in [0, 0.05) is 0 Å². The van der Waals surface area contributed by atoms with Gasteiger partial charge in [0.05, 0.1) is 19.4 Å². The molecule has 0 aliphatic rings. The van der Waals surface area contributed by atoms with E-state index in [0.717, 1.165) is 44.9 Å². The van der Waals surface area contributed by atoms with Crippen LogP contribution < -0.4 is 0 Å². The Balaban J connectivity index is 3.89. The molecule has 0 saturated carbocycles. The normalized spacial score (nSPS) is 14.3. The highest BCUT2D eigenvalue weighted by atomic mass is 31.2. The third-order valence-electron chi connectivity index (χ3n) is 3.36. The SMILES string of the molecule is CCCCCCCOP(=O)(CCCC)OCCCCC. The van der Waals surface area contributed by atoms with Gasteiger partial charge in [0.1, 0.15) is 0 Å². The van der Waals surface area contributed by atoms with Crippen LogP contribution in [-0.2, 0) is 13.6 Å². The summed E-state index contributed by atoms with van der Waals surface area (Å²) in [4.78, 5) is 0. The second-order valence-electron chi connectivity index (χ2n) is 5.48. The highest BCUT2D eigenvalue weighted by molar-refractivity contribution is 7.53. The van der Waals surface area contributed by atoms with Gasteiger partial charge in [-0.3, -0.25) is 4.57 Å². The number of rotatable bonds is 15. The number of hydrogen-bond donors (Lipinski definition) is 0. The first-order valence-electron chi connectivity index (χ1n) is 8.56. The Morgan fingerprint density at radius 2 is 1.10 bits per heavy atom. The minimum Gasteiger partial charge on any atom is -0.309 e. The summed E-state index contributed by atoms with van der Waals surface area (Å²) >= 11 is 0. The van der Waals surface area contributed by atoms with E-state index in [-0.39, 0.29) is 0 Å². The van der Waals surface area contributed by atoms with E-state index in [0.29, 0.717) is 19.4 Å².